The van der Waals surface area contributed by atoms with Crippen molar-refractivity contribution in [1.29, 1.82) is 0 Å². The van der Waals surface area contributed by atoms with Gasteiger partial charge in [0, 0.05) is 6.54 Å². The number of carbonyl (C=O) groups excluding carboxylic acids is 1. The highest BCUT2D eigenvalue weighted by atomic mass is 16.2. The van der Waals surface area contributed by atoms with Gasteiger partial charge in [0.05, 0.1) is 35.1 Å². The number of aromatic amines is 1. The smallest absolute Gasteiger partial charge is 0.258 e. The second-order valence-electron chi connectivity index (χ2n) is 3.95. The Morgan fingerprint density at radius 1 is 1.65 bits per heavy atom. The van der Waals surface area contributed by atoms with Crippen molar-refractivity contribution in [2.24, 2.45) is 0 Å². The monoisotopic (exact) mass is 229 g/mol. The summed E-state index contributed by atoms with van der Waals surface area (Å²) in [4.78, 5) is 18.1. The lowest BCUT2D eigenvalue weighted by Crippen LogP contribution is -2.24. The summed E-state index contributed by atoms with van der Waals surface area (Å²) in [5.41, 5.74) is 8.26. The molecule has 0 saturated heterocycles. The zero-order valence-electron chi connectivity index (χ0n) is 9.10. The molecular weight excluding hydrogens is 218 g/mol. The summed E-state index contributed by atoms with van der Waals surface area (Å²) in [5, 5.41) is 7.33. The molecule has 0 spiro atoms. The van der Waals surface area contributed by atoms with Crippen LogP contribution in [0.25, 0.3) is 11.0 Å². The molecule has 86 valence electrons. The lowest BCUT2D eigenvalue weighted by atomic mass is 10.1. The molecule has 0 aromatic carbocycles. The first-order valence-electron chi connectivity index (χ1n) is 5.24. The SMILES string of the molecule is C=CCN1Cc2nc3[nH]ncc3c(N)c2C1=O. The van der Waals surface area contributed by atoms with Gasteiger partial charge in [0.2, 0.25) is 0 Å². The van der Waals surface area contributed by atoms with E-state index < -0.39 is 0 Å². The van der Waals surface area contributed by atoms with E-state index in [1.807, 2.05) is 0 Å². The third kappa shape index (κ3) is 1.24. The van der Waals surface area contributed by atoms with Gasteiger partial charge in [-0.05, 0) is 0 Å². The van der Waals surface area contributed by atoms with Crippen LogP contribution in [0.4, 0.5) is 5.69 Å². The molecule has 3 N–H and O–H groups in total. The van der Waals surface area contributed by atoms with Crippen LogP contribution in [-0.4, -0.2) is 32.5 Å². The molecule has 6 heteroatoms. The minimum atomic E-state index is -0.0898. The Morgan fingerprint density at radius 3 is 3.24 bits per heavy atom. The number of fused-ring (bicyclic) bond motifs is 2. The number of H-pyrrole nitrogens is 1. The molecule has 6 nitrogen and oxygen atoms in total. The summed E-state index contributed by atoms with van der Waals surface area (Å²) in [6.45, 7) is 4.60. The van der Waals surface area contributed by atoms with Gasteiger partial charge >= 0.3 is 0 Å². The van der Waals surface area contributed by atoms with Crippen LogP contribution >= 0.6 is 0 Å². The summed E-state index contributed by atoms with van der Waals surface area (Å²) in [7, 11) is 0. The van der Waals surface area contributed by atoms with E-state index in [2.05, 4.69) is 21.8 Å². The van der Waals surface area contributed by atoms with E-state index in [4.69, 9.17) is 5.73 Å². The number of aromatic nitrogens is 3. The van der Waals surface area contributed by atoms with Gasteiger partial charge in [-0.2, -0.15) is 5.10 Å². The van der Waals surface area contributed by atoms with Gasteiger partial charge in [-0.25, -0.2) is 4.98 Å². The van der Waals surface area contributed by atoms with Crippen molar-refractivity contribution >= 4 is 22.6 Å². The normalized spacial score (nSPS) is 14.4. The zero-order valence-corrected chi connectivity index (χ0v) is 9.10. The van der Waals surface area contributed by atoms with Crippen LogP contribution in [0.5, 0.6) is 0 Å². The molecule has 0 bridgehead atoms. The average Bonchev–Trinajstić information content (AvgIpc) is 2.86. The Morgan fingerprint density at radius 2 is 2.47 bits per heavy atom. The van der Waals surface area contributed by atoms with Crippen molar-refractivity contribution in [3.63, 3.8) is 0 Å². The molecule has 0 atom stereocenters. The number of hydrogen-bond acceptors (Lipinski definition) is 4. The zero-order chi connectivity index (χ0) is 12.0. The summed E-state index contributed by atoms with van der Waals surface area (Å²) < 4.78 is 0. The van der Waals surface area contributed by atoms with Crippen molar-refractivity contribution in [2.75, 3.05) is 12.3 Å². The third-order valence-electron chi connectivity index (χ3n) is 2.91. The largest absolute Gasteiger partial charge is 0.397 e. The quantitative estimate of drug-likeness (QED) is 0.741. The number of rotatable bonds is 2. The molecule has 3 heterocycles. The molecule has 0 radical (unpaired) electrons. The molecule has 3 rings (SSSR count). The van der Waals surface area contributed by atoms with E-state index in [0.717, 1.165) is 0 Å². The lowest BCUT2D eigenvalue weighted by molar-refractivity contribution is 0.0797. The minimum Gasteiger partial charge on any atom is -0.397 e. The Hall–Kier alpha value is -2.37. The van der Waals surface area contributed by atoms with E-state index in [-0.39, 0.29) is 5.91 Å². The number of nitrogens with zero attached hydrogens (tertiary/aromatic N) is 3. The van der Waals surface area contributed by atoms with Crippen molar-refractivity contribution in [2.45, 2.75) is 6.54 Å². The third-order valence-corrected chi connectivity index (χ3v) is 2.91. The van der Waals surface area contributed by atoms with E-state index in [1.54, 1.807) is 17.2 Å². The molecule has 2 aromatic heterocycles. The van der Waals surface area contributed by atoms with Crippen molar-refractivity contribution in [3.8, 4) is 0 Å². The fourth-order valence-electron chi connectivity index (χ4n) is 2.11. The Labute approximate surface area is 97.1 Å². The second-order valence-corrected chi connectivity index (χ2v) is 3.95. The van der Waals surface area contributed by atoms with Crippen molar-refractivity contribution in [3.05, 3.63) is 30.1 Å². The Bertz CT molecular complexity index is 630. The molecule has 0 aliphatic carbocycles. The molecule has 1 aliphatic rings. The first kappa shape index (κ1) is 9.83. The minimum absolute atomic E-state index is 0.0898. The lowest BCUT2D eigenvalue weighted by Gasteiger charge is -2.11. The van der Waals surface area contributed by atoms with Gasteiger partial charge in [-0.15, -0.1) is 6.58 Å². The molecule has 1 aliphatic heterocycles. The van der Waals surface area contributed by atoms with Crippen LogP contribution in [-0.2, 0) is 6.54 Å². The highest BCUT2D eigenvalue weighted by molar-refractivity contribution is 6.08. The second kappa shape index (κ2) is 3.31. The van der Waals surface area contributed by atoms with Crippen LogP contribution in [0.3, 0.4) is 0 Å². The van der Waals surface area contributed by atoms with Crippen molar-refractivity contribution in [1.82, 2.24) is 20.1 Å². The molecule has 2 aromatic rings. The Balaban J connectivity index is 2.20. The number of nitrogen functional groups attached to an aromatic ring is 1. The number of nitrogens with one attached hydrogen (secondary N) is 1. The van der Waals surface area contributed by atoms with E-state index in [9.17, 15) is 4.79 Å². The highest BCUT2D eigenvalue weighted by Crippen LogP contribution is 2.30. The summed E-state index contributed by atoms with van der Waals surface area (Å²) in [5.74, 6) is -0.0898. The predicted molar refractivity (Wildman–Crippen MR) is 63.2 cm³/mol. The van der Waals surface area contributed by atoms with Gasteiger partial charge in [-0.1, -0.05) is 6.08 Å². The highest BCUT2D eigenvalue weighted by Gasteiger charge is 2.31. The number of pyridine rings is 1. The summed E-state index contributed by atoms with van der Waals surface area (Å²) in [6, 6.07) is 0. The van der Waals surface area contributed by atoms with Crippen LogP contribution in [0.2, 0.25) is 0 Å². The number of amides is 1. The number of nitrogens with two attached hydrogens (primary N) is 1. The van der Waals surface area contributed by atoms with Crippen molar-refractivity contribution < 1.29 is 4.79 Å². The van der Waals surface area contributed by atoms with E-state index >= 15 is 0 Å². The van der Waals surface area contributed by atoms with Crippen LogP contribution in [0.15, 0.2) is 18.9 Å². The topological polar surface area (TPSA) is 87.9 Å². The fourth-order valence-corrected chi connectivity index (χ4v) is 2.11. The standard InChI is InChI=1S/C11H11N5O/c1-2-3-16-5-7-8(11(16)17)9(12)6-4-13-15-10(6)14-7/h2,4H,1,3,5H2,(H3,12,13,14,15). The molecule has 0 fully saturated rings. The number of carbonyl (C=O) groups is 1. The maximum Gasteiger partial charge on any atom is 0.258 e. The predicted octanol–water partition coefficient (Wildman–Crippen LogP) is 0.682. The van der Waals surface area contributed by atoms with Crippen LogP contribution in [0, 0.1) is 0 Å². The van der Waals surface area contributed by atoms with Crippen LogP contribution in [0.1, 0.15) is 16.1 Å². The van der Waals surface area contributed by atoms with Crippen LogP contribution < -0.4 is 5.73 Å². The molecule has 17 heavy (non-hydrogen) atoms. The van der Waals surface area contributed by atoms with Gasteiger partial charge < -0.3 is 10.6 Å². The van der Waals surface area contributed by atoms with Gasteiger partial charge in [0.15, 0.2) is 5.65 Å². The maximum atomic E-state index is 12.1. The molecule has 1 amide bonds. The maximum absolute atomic E-state index is 12.1. The average molecular weight is 229 g/mol. The molecule has 0 saturated carbocycles. The van der Waals surface area contributed by atoms with E-state index in [1.165, 1.54) is 0 Å². The number of hydrogen-bond donors (Lipinski definition) is 2. The Kier molecular flexibility index (Phi) is 1.91. The van der Waals surface area contributed by atoms with E-state index in [0.29, 0.717) is 41.1 Å². The number of anilines is 1. The first-order valence-corrected chi connectivity index (χ1v) is 5.24. The van der Waals surface area contributed by atoms with Gasteiger partial charge in [0.1, 0.15) is 0 Å². The summed E-state index contributed by atoms with van der Waals surface area (Å²) >= 11 is 0. The van der Waals surface area contributed by atoms with Gasteiger partial charge in [0.25, 0.3) is 5.91 Å². The van der Waals surface area contributed by atoms with Gasteiger partial charge in [-0.3, -0.25) is 9.89 Å². The molecule has 0 unspecified atom stereocenters. The first-order chi connectivity index (χ1) is 8.22. The fraction of sp³-hybridized carbons (Fsp3) is 0.182. The molecular formula is C11H11N5O. The summed E-state index contributed by atoms with van der Waals surface area (Å²) in [6.07, 6.45) is 3.27.